The summed E-state index contributed by atoms with van der Waals surface area (Å²) in [5.41, 5.74) is 1.94. The Hall–Kier alpha value is -3.00. The van der Waals surface area contributed by atoms with Crippen LogP contribution in [0.25, 0.3) is 22.7 Å². The lowest BCUT2D eigenvalue weighted by Crippen LogP contribution is -2.45. The molecule has 1 aliphatic rings. The normalized spacial score (nSPS) is 15.4. The van der Waals surface area contributed by atoms with Gasteiger partial charge in [0.25, 0.3) is 0 Å². The number of halogens is 1. The molecule has 0 radical (unpaired) electrons. The fraction of sp³-hybridized carbons (Fsp3) is 0.261. The number of rotatable bonds is 6. The van der Waals surface area contributed by atoms with E-state index in [1.807, 2.05) is 54.6 Å². The Kier molecular flexibility index (Phi) is 5.80. The molecule has 1 aliphatic heterocycles. The highest BCUT2D eigenvalue weighted by molar-refractivity contribution is 6.30. The molecule has 158 valence electrons. The van der Waals surface area contributed by atoms with E-state index in [-0.39, 0.29) is 0 Å². The minimum atomic E-state index is 0.586. The van der Waals surface area contributed by atoms with E-state index in [1.165, 1.54) is 0 Å². The zero-order valence-electron chi connectivity index (χ0n) is 16.9. The lowest BCUT2D eigenvalue weighted by Gasteiger charge is -2.33. The molecule has 2 aromatic heterocycles. The van der Waals surface area contributed by atoms with Crippen LogP contribution in [0.2, 0.25) is 5.02 Å². The molecule has 0 N–H and O–H groups in total. The van der Waals surface area contributed by atoms with Gasteiger partial charge >= 0.3 is 0 Å². The number of piperazine rings is 1. The van der Waals surface area contributed by atoms with Gasteiger partial charge in [-0.2, -0.15) is 4.98 Å². The van der Waals surface area contributed by atoms with Gasteiger partial charge in [-0.25, -0.2) is 4.98 Å². The van der Waals surface area contributed by atoms with Crippen molar-refractivity contribution in [2.75, 3.05) is 26.2 Å². The first-order chi connectivity index (χ1) is 15.2. The molecule has 0 aliphatic carbocycles. The Morgan fingerprint density at radius 2 is 1.48 bits per heavy atom. The summed E-state index contributed by atoms with van der Waals surface area (Å²) in [6.45, 7) is 5.06. The summed E-state index contributed by atoms with van der Waals surface area (Å²) in [5, 5.41) is 4.78. The van der Waals surface area contributed by atoms with Crippen LogP contribution in [0, 0.1) is 0 Å². The third kappa shape index (κ3) is 4.85. The number of oxazole rings is 1. The first-order valence-electron chi connectivity index (χ1n) is 10.3. The van der Waals surface area contributed by atoms with Crippen molar-refractivity contribution in [2.24, 2.45) is 0 Å². The highest BCUT2D eigenvalue weighted by Crippen LogP contribution is 2.22. The molecule has 0 spiro atoms. The monoisotopic (exact) mass is 435 g/mol. The van der Waals surface area contributed by atoms with Crippen LogP contribution in [0.15, 0.2) is 69.7 Å². The molecule has 0 bridgehead atoms. The van der Waals surface area contributed by atoms with Gasteiger partial charge in [0.1, 0.15) is 0 Å². The topological polar surface area (TPSA) is 71.4 Å². The van der Waals surface area contributed by atoms with Gasteiger partial charge < -0.3 is 8.94 Å². The average molecular weight is 436 g/mol. The molecule has 31 heavy (non-hydrogen) atoms. The van der Waals surface area contributed by atoms with Gasteiger partial charge in [0.2, 0.25) is 17.6 Å². The number of nitrogens with zero attached hydrogens (tertiary/aromatic N) is 5. The van der Waals surface area contributed by atoms with Crippen LogP contribution < -0.4 is 0 Å². The molecule has 8 heteroatoms. The molecule has 3 heterocycles. The van der Waals surface area contributed by atoms with Crippen molar-refractivity contribution < 1.29 is 8.94 Å². The molecule has 1 saturated heterocycles. The van der Waals surface area contributed by atoms with Crippen LogP contribution >= 0.6 is 11.6 Å². The summed E-state index contributed by atoms with van der Waals surface area (Å²) in [4.78, 5) is 13.6. The van der Waals surface area contributed by atoms with Gasteiger partial charge in [0, 0.05) is 42.3 Å². The quantitative estimate of drug-likeness (QED) is 0.445. The standard InChI is InChI=1S/C23H22ClN5O2/c24-19-8-6-18(7-9-19)23-26-22(31-27-23)16-29-12-10-28(11-13-29)15-21-25-14-20(30-21)17-4-2-1-3-5-17/h1-9,14H,10-13,15-16H2. The molecular formula is C23H22ClN5O2. The Morgan fingerprint density at radius 3 is 2.19 bits per heavy atom. The molecule has 4 aromatic rings. The van der Waals surface area contributed by atoms with E-state index in [9.17, 15) is 0 Å². The Balaban J connectivity index is 1.13. The maximum Gasteiger partial charge on any atom is 0.241 e. The van der Waals surface area contributed by atoms with Gasteiger partial charge in [-0.05, 0) is 24.3 Å². The first-order valence-corrected chi connectivity index (χ1v) is 10.6. The second-order valence-corrected chi connectivity index (χ2v) is 7.99. The van der Waals surface area contributed by atoms with Crippen LogP contribution in [0.5, 0.6) is 0 Å². The van der Waals surface area contributed by atoms with Crippen LogP contribution in [-0.2, 0) is 13.1 Å². The summed E-state index contributed by atoms with van der Waals surface area (Å²) in [6, 6.07) is 17.5. The fourth-order valence-electron chi connectivity index (χ4n) is 3.64. The van der Waals surface area contributed by atoms with E-state index in [4.69, 9.17) is 20.5 Å². The molecule has 1 fully saturated rings. The van der Waals surface area contributed by atoms with Gasteiger partial charge in [0.05, 0.1) is 19.3 Å². The third-order valence-corrected chi connectivity index (χ3v) is 5.62. The molecule has 0 saturated carbocycles. The van der Waals surface area contributed by atoms with E-state index < -0.39 is 0 Å². The van der Waals surface area contributed by atoms with Crippen molar-refractivity contribution in [1.82, 2.24) is 24.9 Å². The highest BCUT2D eigenvalue weighted by Gasteiger charge is 2.21. The summed E-state index contributed by atoms with van der Waals surface area (Å²) in [5.74, 6) is 2.76. The maximum atomic E-state index is 5.94. The lowest BCUT2D eigenvalue weighted by molar-refractivity contribution is 0.106. The van der Waals surface area contributed by atoms with Crippen LogP contribution in [-0.4, -0.2) is 51.1 Å². The van der Waals surface area contributed by atoms with E-state index in [2.05, 4.69) is 24.9 Å². The number of hydrogen-bond acceptors (Lipinski definition) is 7. The number of hydrogen-bond donors (Lipinski definition) is 0. The minimum absolute atomic E-state index is 0.586. The second-order valence-electron chi connectivity index (χ2n) is 7.56. The summed E-state index contributed by atoms with van der Waals surface area (Å²) >= 11 is 5.94. The number of aromatic nitrogens is 3. The smallest absolute Gasteiger partial charge is 0.241 e. The number of benzene rings is 2. The zero-order valence-corrected chi connectivity index (χ0v) is 17.7. The van der Waals surface area contributed by atoms with Crippen molar-refractivity contribution >= 4 is 11.6 Å². The Bertz CT molecular complexity index is 1120. The molecule has 0 unspecified atom stereocenters. The minimum Gasteiger partial charge on any atom is -0.439 e. The Labute approximate surface area is 185 Å². The van der Waals surface area contributed by atoms with Crippen molar-refractivity contribution in [3.8, 4) is 22.7 Å². The Morgan fingerprint density at radius 1 is 0.806 bits per heavy atom. The molecular weight excluding hydrogens is 414 g/mol. The third-order valence-electron chi connectivity index (χ3n) is 5.37. The SMILES string of the molecule is Clc1ccc(-c2noc(CN3CCN(Cc4ncc(-c5ccccc5)o4)CC3)n2)cc1. The summed E-state index contributed by atoms with van der Waals surface area (Å²) < 4.78 is 11.4. The first kappa shape index (κ1) is 19.9. The summed E-state index contributed by atoms with van der Waals surface area (Å²) in [6.07, 6.45) is 1.80. The van der Waals surface area contributed by atoms with Crippen LogP contribution in [0.1, 0.15) is 11.8 Å². The average Bonchev–Trinajstić information content (AvgIpc) is 3.46. The van der Waals surface area contributed by atoms with Crippen molar-refractivity contribution in [2.45, 2.75) is 13.1 Å². The molecule has 5 rings (SSSR count). The van der Waals surface area contributed by atoms with Gasteiger partial charge in [-0.3, -0.25) is 9.80 Å². The van der Waals surface area contributed by atoms with E-state index in [0.29, 0.717) is 29.8 Å². The van der Waals surface area contributed by atoms with Crippen molar-refractivity contribution in [3.05, 3.63) is 77.6 Å². The highest BCUT2D eigenvalue weighted by atomic mass is 35.5. The van der Waals surface area contributed by atoms with Gasteiger partial charge in [-0.15, -0.1) is 0 Å². The van der Waals surface area contributed by atoms with Crippen LogP contribution in [0.4, 0.5) is 0 Å². The van der Waals surface area contributed by atoms with E-state index in [1.54, 1.807) is 6.20 Å². The second kappa shape index (κ2) is 9.01. The van der Waals surface area contributed by atoms with E-state index >= 15 is 0 Å². The van der Waals surface area contributed by atoms with Crippen molar-refractivity contribution in [3.63, 3.8) is 0 Å². The predicted molar refractivity (Wildman–Crippen MR) is 117 cm³/mol. The molecule has 7 nitrogen and oxygen atoms in total. The predicted octanol–water partition coefficient (Wildman–Crippen LogP) is 4.36. The van der Waals surface area contributed by atoms with Crippen LogP contribution in [0.3, 0.4) is 0 Å². The van der Waals surface area contributed by atoms with Crippen molar-refractivity contribution in [1.29, 1.82) is 0 Å². The van der Waals surface area contributed by atoms with Gasteiger partial charge in [-0.1, -0.05) is 47.1 Å². The molecule has 0 atom stereocenters. The molecule has 0 amide bonds. The lowest BCUT2D eigenvalue weighted by atomic mass is 10.2. The van der Waals surface area contributed by atoms with Gasteiger partial charge in [0.15, 0.2) is 5.76 Å². The summed E-state index contributed by atoms with van der Waals surface area (Å²) in [7, 11) is 0. The fourth-order valence-corrected chi connectivity index (χ4v) is 3.77. The molecule has 2 aromatic carbocycles. The maximum absolute atomic E-state index is 5.94. The largest absolute Gasteiger partial charge is 0.439 e. The zero-order chi connectivity index (χ0) is 21.0. The van der Waals surface area contributed by atoms with E-state index in [0.717, 1.165) is 49.0 Å².